The summed E-state index contributed by atoms with van der Waals surface area (Å²) in [6.07, 6.45) is 6.19. The van der Waals surface area contributed by atoms with Gasteiger partial charge in [-0.1, -0.05) is 110 Å². The molecule has 0 radical (unpaired) electrons. The van der Waals surface area contributed by atoms with Gasteiger partial charge in [-0.3, -0.25) is 0 Å². The lowest BCUT2D eigenvalue weighted by molar-refractivity contribution is -0.577. The summed E-state index contributed by atoms with van der Waals surface area (Å²) in [5.41, 5.74) is 17.8. The first-order valence-corrected chi connectivity index (χ1v) is 17.3. The van der Waals surface area contributed by atoms with E-state index in [2.05, 4.69) is 165 Å². The normalized spacial score (nSPS) is 15.3. The minimum Gasteiger partial charge on any atom is -0.220 e. The van der Waals surface area contributed by atoms with Gasteiger partial charge in [-0.25, -0.2) is 4.68 Å². The number of aromatic nitrogens is 4. The zero-order chi connectivity index (χ0) is 32.9. The van der Waals surface area contributed by atoms with E-state index in [-0.39, 0.29) is 10.8 Å². The lowest BCUT2D eigenvalue weighted by atomic mass is 9.69. The summed E-state index contributed by atoms with van der Waals surface area (Å²) in [5, 5.41) is 9.46. The molecular formula is C45H35N4+. The summed E-state index contributed by atoms with van der Waals surface area (Å²) in [7, 11) is 0. The van der Waals surface area contributed by atoms with Gasteiger partial charge in [0.05, 0.1) is 28.3 Å². The molecule has 0 saturated carbocycles. The maximum atomic E-state index is 4.76. The molecule has 2 aliphatic carbocycles. The Bertz CT molecular complexity index is 2450. The molecule has 4 nitrogen and oxygen atoms in total. The molecule has 0 fully saturated rings. The van der Waals surface area contributed by atoms with Crippen molar-refractivity contribution in [2.24, 2.45) is 0 Å². The fourth-order valence-corrected chi connectivity index (χ4v) is 9.40. The summed E-state index contributed by atoms with van der Waals surface area (Å²) in [4.78, 5) is 0. The van der Waals surface area contributed by atoms with E-state index in [1.807, 2.05) is 4.68 Å². The maximum Gasteiger partial charge on any atom is 0.218 e. The Balaban J connectivity index is 1.12. The number of hydrogen-bond donors (Lipinski definition) is 0. The van der Waals surface area contributed by atoms with Crippen LogP contribution in [-0.4, -0.2) is 15.0 Å². The van der Waals surface area contributed by atoms with Crippen LogP contribution in [0.4, 0.5) is 0 Å². The fraction of sp³-hybridized carbons (Fsp3) is 0.133. The van der Waals surface area contributed by atoms with Crippen LogP contribution < -0.4 is 4.57 Å². The van der Waals surface area contributed by atoms with E-state index >= 15 is 0 Å². The second kappa shape index (κ2) is 10.1. The first-order valence-electron chi connectivity index (χ1n) is 17.3. The molecule has 234 valence electrons. The molecule has 0 amide bonds. The first kappa shape index (κ1) is 28.2. The van der Waals surface area contributed by atoms with E-state index < -0.39 is 0 Å². The Kier molecular flexibility index (Phi) is 5.79. The molecule has 0 bridgehead atoms. The molecule has 1 aliphatic heterocycles. The highest BCUT2D eigenvalue weighted by atomic mass is 15.4. The molecule has 0 atom stereocenters. The first-order chi connectivity index (χ1) is 24.1. The summed E-state index contributed by atoms with van der Waals surface area (Å²) in [6, 6.07) is 46.8. The predicted octanol–water partition coefficient (Wildman–Crippen LogP) is 9.77. The van der Waals surface area contributed by atoms with Gasteiger partial charge in [-0.15, -0.1) is 5.10 Å². The highest BCUT2D eigenvalue weighted by Gasteiger charge is 2.51. The van der Waals surface area contributed by atoms with Crippen molar-refractivity contribution in [3.63, 3.8) is 0 Å². The number of benzene rings is 5. The highest BCUT2D eigenvalue weighted by molar-refractivity contribution is 5.95. The van der Waals surface area contributed by atoms with Crippen LogP contribution >= 0.6 is 0 Å². The second-order valence-electron chi connectivity index (χ2n) is 13.6. The van der Waals surface area contributed by atoms with Crippen LogP contribution in [0.25, 0.3) is 56.2 Å². The number of fused-ring (bicyclic) bond motifs is 13. The average Bonchev–Trinajstić information content (AvgIpc) is 3.86. The van der Waals surface area contributed by atoms with Crippen LogP contribution in [0.1, 0.15) is 54.5 Å². The monoisotopic (exact) mass is 631 g/mol. The van der Waals surface area contributed by atoms with Gasteiger partial charge in [0, 0.05) is 17.7 Å². The van der Waals surface area contributed by atoms with Gasteiger partial charge >= 0.3 is 0 Å². The van der Waals surface area contributed by atoms with Crippen LogP contribution in [0.3, 0.4) is 0 Å². The van der Waals surface area contributed by atoms with Crippen molar-refractivity contribution >= 4 is 5.70 Å². The molecule has 49 heavy (non-hydrogen) atoms. The molecule has 3 aliphatic rings. The zero-order valence-electron chi connectivity index (χ0n) is 27.7. The highest BCUT2D eigenvalue weighted by Crippen LogP contribution is 2.63. The van der Waals surface area contributed by atoms with E-state index in [0.717, 1.165) is 41.2 Å². The van der Waals surface area contributed by atoms with Crippen molar-refractivity contribution in [3.05, 3.63) is 174 Å². The third-order valence-electron chi connectivity index (χ3n) is 11.8. The Labute approximate surface area is 286 Å². The van der Waals surface area contributed by atoms with Gasteiger partial charge in [-0.2, -0.15) is 4.57 Å². The lowest BCUT2D eigenvalue weighted by Gasteiger charge is -2.35. The topological polar surface area (TPSA) is 34.6 Å². The third-order valence-corrected chi connectivity index (χ3v) is 11.8. The molecule has 10 rings (SSSR count). The Morgan fingerprint density at radius 3 is 1.88 bits per heavy atom. The molecule has 4 heteroatoms. The molecule has 5 aromatic carbocycles. The Morgan fingerprint density at radius 2 is 1.22 bits per heavy atom. The Morgan fingerprint density at radius 1 is 0.612 bits per heavy atom. The smallest absolute Gasteiger partial charge is 0.218 e. The van der Waals surface area contributed by atoms with Crippen LogP contribution in [0.2, 0.25) is 0 Å². The minimum atomic E-state index is -0.385. The summed E-state index contributed by atoms with van der Waals surface area (Å²) >= 11 is 0. The number of pyridine rings is 1. The van der Waals surface area contributed by atoms with Crippen molar-refractivity contribution in [1.82, 2.24) is 15.0 Å². The molecular weight excluding hydrogens is 597 g/mol. The Hall–Kier alpha value is -5.87. The van der Waals surface area contributed by atoms with Gasteiger partial charge in [0.1, 0.15) is 5.69 Å². The van der Waals surface area contributed by atoms with Crippen molar-refractivity contribution < 1.29 is 4.57 Å². The molecule has 7 aromatic rings. The van der Waals surface area contributed by atoms with Gasteiger partial charge in [-0.05, 0) is 93.8 Å². The van der Waals surface area contributed by atoms with E-state index in [0.29, 0.717) is 0 Å². The third kappa shape index (κ3) is 3.51. The number of hydrogen-bond acceptors (Lipinski definition) is 2. The fourth-order valence-electron chi connectivity index (χ4n) is 9.40. The maximum absolute atomic E-state index is 4.76. The molecule has 0 saturated heterocycles. The zero-order valence-corrected chi connectivity index (χ0v) is 27.7. The summed E-state index contributed by atoms with van der Waals surface area (Å²) in [5.74, 6) is 0. The summed E-state index contributed by atoms with van der Waals surface area (Å²) < 4.78 is 4.19. The molecule has 2 aromatic heterocycles. The SMILES string of the molecule is C=C1[n+]2ccccc2-c2cc(-n3cc(-c4ccc5c(c4)C4(c6ccccc6-c6ccccc64)c4ccccc4-5)nn3)ccc2C1(CC)CC. The van der Waals surface area contributed by atoms with Crippen LogP contribution in [0.15, 0.2) is 146 Å². The van der Waals surface area contributed by atoms with Crippen molar-refractivity contribution in [2.45, 2.75) is 37.5 Å². The minimum absolute atomic E-state index is 0.115. The number of allylic oxidation sites excluding steroid dienone is 1. The van der Waals surface area contributed by atoms with E-state index in [9.17, 15) is 0 Å². The predicted molar refractivity (Wildman–Crippen MR) is 196 cm³/mol. The van der Waals surface area contributed by atoms with E-state index in [4.69, 9.17) is 10.3 Å². The standard InChI is InChI=1S/C45H35N4/c1-4-44(5-2)29(3)48-25-13-12-20-43(48)36-27-31(22-24-37(36)44)49-28-42(46-47-49)30-21-23-35-34-16-8-11-19-40(34)45(41(35)26-30)38-17-9-6-14-32(38)33-15-7-10-18-39(33)45/h6-28H,3-5H2,1-2H3/q+1. The summed E-state index contributed by atoms with van der Waals surface area (Å²) in [6.45, 7) is 9.13. The number of rotatable bonds is 4. The molecule has 1 spiro atoms. The quantitative estimate of drug-likeness (QED) is 0.181. The van der Waals surface area contributed by atoms with E-state index in [1.165, 1.54) is 55.6 Å². The van der Waals surface area contributed by atoms with E-state index in [1.54, 1.807) is 0 Å². The van der Waals surface area contributed by atoms with Crippen molar-refractivity contribution in [2.75, 3.05) is 0 Å². The largest absolute Gasteiger partial charge is 0.220 e. The van der Waals surface area contributed by atoms with Gasteiger partial charge in [0.15, 0.2) is 11.9 Å². The van der Waals surface area contributed by atoms with Crippen molar-refractivity contribution in [1.29, 1.82) is 0 Å². The number of nitrogens with zero attached hydrogens (tertiary/aromatic N) is 4. The van der Waals surface area contributed by atoms with Crippen LogP contribution in [0.5, 0.6) is 0 Å². The van der Waals surface area contributed by atoms with Gasteiger partial charge in [0.25, 0.3) is 0 Å². The molecule has 3 heterocycles. The molecule has 0 N–H and O–H groups in total. The van der Waals surface area contributed by atoms with Crippen LogP contribution in [0, 0.1) is 0 Å². The lowest BCUT2D eigenvalue weighted by Crippen LogP contribution is -2.48. The van der Waals surface area contributed by atoms with Crippen LogP contribution in [-0.2, 0) is 10.8 Å². The van der Waals surface area contributed by atoms with Gasteiger partial charge < -0.3 is 0 Å². The second-order valence-corrected chi connectivity index (χ2v) is 13.6. The van der Waals surface area contributed by atoms with Crippen molar-refractivity contribution in [3.8, 4) is 50.5 Å². The molecule has 0 unspecified atom stereocenters. The average molecular weight is 632 g/mol. The van der Waals surface area contributed by atoms with Gasteiger partial charge in [0.2, 0.25) is 5.69 Å².